The zero-order chi connectivity index (χ0) is 25.0. The molecule has 2 N–H and O–H groups in total. The van der Waals surface area contributed by atoms with Gasteiger partial charge in [0.1, 0.15) is 6.04 Å². The van der Waals surface area contributed by atoms with E-state index in [0.29, 0.717) is 23.0 Å². The van der Waals surface area contributed by atoms with E-state index in [1.54, 1.807) is 41.3 Å². The second kappa shape index (κ2) is 10.2. The van der Waals surface area contributed by atoms with Crippen molar-refractivity contribution in [2.45, 2.75) is 37.4 Å². The zero-order valence-electron chi connectivity index (χ0n) is 19.5. The molecule has 7 nitrogen and oxygen atoms in total. The predicted octanol–water partition coefficient (Wildman–Crippen LogP) is 3.98. The fourth-order valence-corrected chi connectivity index (χ4v) is 5.10. The first-order chi connectivity index (χ1) is 16.7. The van der Waals surface area contributed by atoms with Crippen LogP contribution in [0.15, 0.2) is 101 Å². The van der Waals surface area contributed by atoms with Crippen LogP contribution in [0.2, 0.25) is 0 Å². The van der Waals surface area contributed by atoms with Gasteiger partial charge in [0.05, 0.1) is 4.90 Å². The van der Waals surface area contributed by atoms with Crippen molar-refractivity contribution in [3.05, 3.63) is 112 Å². The number of pyridine rings is 1. The number of H-pyrrole nitrogens is 1. The van der Waals surface area contributed by atoms with Crippen LogP contribution < -0.4 is 10.3 Å². The summed E-state index contributed by atoms with van der Waals surface area (Å²) in [6.45, 7) is 4.16. The third kappa shape index (κ3) is 5.67. The standard InChI is InChI=1S/C27H27N3O4S/c1-19(2)30(18-20-9-5-3-6-10-20)27(32)26(21-11-7-4-8-12-21)29-35(33,34)23-14-15-24-22(17-23)13-16-25(31)28-24/h3-17,19,26,29H,18H2,1-2H3,(H,28,31)/t26-/m0/s1. The van der Waals surface area contributed by atoms with E-state index in [4.69, 9.17) is 0 Å². The topological polar surface area (TPSA) is 99.3 Å². The molecule has 1 aromatic heterocycles. The van der Waals surface area contributed by atoms with E-state index in [0.717, 1.165) is 5.56 Å². The number of nitrogens with zero attached hydrogens (tertiary/aromatic N) is 1. The molecular formula is C27H27N3O4S. The van der Waals surface area contributed by atoms with Gasteiger partial charge in [-0.1, -0.05) is 60.7 Å². The van der Waals surface area contributed by atoms with E-state index in [1.165, 1.54) is 18.2 Å². The van der Waals surface area contributed by atoms with Crippen LogP contribution in [0.5, 0.6) is 0 Å². The van der Waals surface area contributed by atoms with Crippen molar-refractivity contribution in [1.29, 1.82) is 0 Å². The number of benzene rings is 3. The number of carbonyl (C=O) groups is 1. The summed E-state index contributed by atoms with van der Waals surface area (Å²) in [7, 11) is -4.08. The van der Waals surface area contributed by atoms with Crippen LogP contribution in [0.3, 0.4) is 0 Å². The summed E-state index contributed by atoms with van der Waals surface area (Å²) in [6.07, 6.45) is 0. The lowest BCUT2D eigenvalue weighted by molar-refractivity contribution is -0.135. The summed E-state index contributed by atoms with van der Waals surface area (Å²) < 4.78 is 29.5. The molecule has 1 amide bonds. The third-order valence-electron chi connectivity index (χ3n) is 5.76. The zero-order valence-corrected chi connectivity index (χ0v) is 20.3. The van der Waals surface area contributed by atoms with Gasteiger partial charge in [0.2, 0.25) is 21.5 Å². The summed E-state index contributed by atoms with van der Waals surface area (Å²) in [5.74, 6) is -0.344. The quantitative estimate of drug-likeness (QED) is 0.391. The average Bonchev–Trinajstić information content (AvgIpc) is 2.86. The Morgan fingerprint density at radius 3 is 2.23 bits per heavy atom. The summed E-state index contributed by atoms with van der Waals surface area (Å²) in [6, 6.07) is 24.5. The van der Waals surface area contributed by atoms with E-state index in [1.807, 2.05) is 50.2 Å². The Balaban J connectivity index is 1.70. The highest BCUT2D eigenvalue weighted by Gasteiger charge is 2.32. The average molecular weight is 490 g/mol. The van der Waals surface area contributed by atoms with Crippen molar-refractivity contribution < 1.29 is 13.2 Å². The van der Waals surface area contributed by atoms with Crippen LogP contribution in [0.4, 0.5) is 0 Å². The lowest BCUT2D eigenvalue weighted by Crippen LogP contribution is -2.45. The lowest BCUT2D eigenvalue weighted by Gasteiger charge is -2.31. The van der Waals surface area contributed by atoms with Crippen molar-refractivity contribution in [3.63, 3.8) is 0 Å². The highest BCUT2D eigenvalue weighted by molar-refractivity contribution is 7.89. The number of sulfonamides is 1. The van der Waals surface area contributed by atoms with Gasteiger partial charge in [-0.25, -0.2) is 8.42 Å². The van der Waals surface area contributed by atoms with Crippen molar-refractivity contribution in [2.24, 2.45) is 0 Å². The van der Waals surface area contributed by atoms with Crippen LogP contribution in [0.1, 0.15) is 31.0 Å². The highest BCUT2D eigenvalue weighted by atomic mass is 32.2. The second-order valence-electron chi connectivity index (χ2n) is 8.58. The Hall–Kier alpha value is -3.75. The number of carbonyl (C=O) groups excluding carboxylic acids is 1. The maximum atomic E-state index is 13.8. The van der Waals surface area contributed by atoms with Crippen molar-refractivity contribution in [3.8, 4) is 0 Å². The maximum absolute atomic E-state index is 13.8. The van der Waals surface area contributed by atoms with Crippen LogP contribution >= 0.6 is 0 Å². The van der Waals surface area contributed by atoms with Gasteiger partial charge in [0.25, 0.3) is 0 Å². The minimum atomic E-state index is -4.08. The fourth-order valence-electron chi connectivity index (χ4n) is 3.89. The van der Waals surface area contributed by atoms with E-state index in [-0.39, 0.29) is 22.4 Å². The Kier molecular flexibility index (Phi) is 7.14. The molecular weight excluding hydrogens is 462 g/mol. The van der Waals surface area contributed by atoms with Gasteiger partial charge in [0, 0.05) is 24.2 Å². The van der Waals surface area contributed by atoms with Crippen molar-refractivity contribution in [2.75, 3.05) is 0 Å². The maximum Gasteiger partial charge on any atom is 0.248 e. The molecule has 0 saturated heterocycles. The molecule has 0 spiro atoms. The molecule has 1 heterocycles. The second-order valence-corrected chi connectivity index (χ2v) is 10.3. The molecule has 4 rings (SSSR count). The van der Waals surface area contributed by atoms with Gasteiger partial charge >= 0.3 is 0 Å². The minimum absolute atomic E-state index is 0.00457. The van der Waals surface area contributed by atoms with Crippen molar-refractivity contribution >= 4 is 26.8 Å². The van der Waals surface area contributed by atoms with Gasteiger partial charge in [0.15, 0.2) is 0 Å². The molecule has 0 saturated carbocycles. The van der Waals surface area contributed by atoms with Crippen molar-refractivity contribution in [1.82, 2.24) is 14.6 Å². The number of aromatic nitrogens is 1. The first kappa shape index (κ1) is 24.4. The summed E-state index contributed by atoms with van der Waals surface area (Å²) >= 11 is 0. The minimum Gasteiger partial charge on any atom is -0.334 e. The normalized spacial score (nSPS) is 12.5. The fraction of sp³-hybridized carbons (Fsp3) is 0.185. The molecule has 3 aromatic carbocycles. The molecule has 0 radical (unpaired) electrons. The molecule has 0 aliphatic heterocycles. The molecule has 1 atom stereocenters. The summed E-state index contributed by atoms with van der Waals surface area (Å²) in [4.78, 5) is 29.7. The van der Waals surface area contributed by atoms with E-state index >= 15 is 0 Å². The lowest BCUT2D eigenvalue weighted by atomic mass is 10.1. The Bertz CT molecular complexity index is 1480. The van der Waals surface area contributed by atoms with Crippen LogP contribution in [-0.4, -0.2) is 30.3 Å². The molecule has 0 aliphatic carbocycles. The number of nitrogens with one attached hydrogen (secondary N) is 2. The smallest absolute Gasteiger partial charge is 0.248 e. The van der Waals surface area contributed by atoms with E-state index < -0.39 is 16.1 Å². The molecule has 180 valence electrons. The van der Waals surface area contributed by atoms with Gasteiger partial charge in [-0.15, -0.1) is 0 Å². The number of fused-ring (bicyclic) bond motifs is 1. The van der Waals surface area contributed by atoms with Crippen LogP contribution in [0, 0.1) is 0 Å². The van der Waals surface area contributed by atoms with E-state index in [2.05, 4.69) is 9.71 Å². The molecule has 4 aromatic rings. The number of hydrogen-bond acceptors (Lipinski definition) is 4. The number of hydrogen-bond donors (Lipinski definition) is 2. The number of aromatic amines is 1. The first-order valence-electron chi connectivity index (χ1n) is 11.3. The Morgan fingerprint density at radius 2 is 1.57 bits per heavy atom. The number of rotatable bonds is 8. The summed E-state index contributed by atoms with van der Waals surface area (Å²) in [5.41, 5.74) is 1.76. The molecule has 0 bridgehead atoms. The molecule has 8 heteroatoms. The molecule has 35 heavy (non-hydrogen) atoms. The van der Waals surface area contributed by atoms with Gasteiger partial charge in [-0.2, -0.15) is 4.72 Å². The van der Waals surface area contributed by atoms with Crippen LogP contribution in [0.25, 0.3) is 10.9 Å². The van der Waals surface area contributed by atoms with Crippen LogP contribution in [-0.2, 0) is 21.4 Å². The SMILES string of the molecule is CC(C)N(Cc1ccccc1)C(=O)[C@@H](NS(=O)(=O)c1ccc2[nH]c(=O)ccc2c1)c1ccccc1. The predicted molar refractivity (Wildman–Crippen MR) is 136 cm³/mol. The Morgan fingerprint density at radius 1 is 0.914 bits per heavy atom. The number of amides is 1. The van der Waals surface area contributed by atoms with E-state index in [9.17, 15) is 18.0 Å². The van der Waals surface area contributed by atoms with Gasteiger partial charge in [-0.05, 0) is 54.6 Å². The molecule has 0 fully saturated rings. The van der Waals surface area contributed by atoms with Gasteiger partial charge < -0.3 is 9.88 Å². The first-order valence-corrected chi connectivity index (χ1v) is 12.8. The Labute approximate surface area is 204 Å². The largest absolute Gasteiger partial charge is 0.334 e. The molecule has 0 unspecified atom stereocenters. The van der Waals surface area contributed by atoms with Gasteiger partial charge in [-0.3, -0.25) is 9.59 Å². The highest BCUT2D eigenvalue weighted by Crippen LogP contribution is 2.24. The third-order valence-corrected chi connectivity index (χ3v) is 7.18. The molecule has 0 aliphatic rings. The monoisotopic (exact) mass is 489 g/mol. The summed E-state index contributed by atoms with van der Waals surface area (Å²) in [5, 5.41) is 0.572.